The number of likely N-dealkylation sites (tertiary alicyclic amines) is 1. The second kappa shape index (κ2) is 9.04. The van der Waals surface area contributed by atoms with Crippen molar-refractivity contribution in [2.45, 2.75) is 63.9 Å². The fraction of sp³-hybridized carbons (Fsp3) is 0.700. The minimum atomic E-state index is -0.379. The summed E-state index contributed by atoms with van der Waals surface area (Å²) in [5.74, 6) is 1.60. The maximum absolute atomic E-state index is 12.7. The van der Waals surface area contributed by atoms with Crippen LogP contribution in [0.5, 0.6) is 0 Å². The molecule has 2 atom stereocenters. The first-order valence-electron chi connectivity index (χ1n) is 9.97. The largest absolute Gasteiger partial charge is 0.369 e. The maximum atomic E-state index is 12.7. The molecule has 0 aromatic carbocycles. The lowest BCUT2D eigenvalue weighted by Crippen LogP contribution is -2.44. The quantitative estimate of drug-likeness (QED) is 0.596. The summed E-state index contributed by atoms with van der Waals surface area (Å²) in [4.78, 5) is 34.7. The predicted molar refractivity (Wildman–Crippen MR) is 106 cm³/mol. The minimum absolute atomic E-state index is 0.174. The van der Waals surface area contributed by atoms with E-state index in [9.17, 15) is 9.59 Å². The summed E-state index contributed by atoms with van der Waals surface area (Å²) in [5.41, 5.74) is 7.99. The van der Waals surface area contributed by atoms with Crippen LogP contribution in [-0.4, -0.2) is 45.5 Å². The Morgan fingerprint density at radius 3 is 2.44 bits per heavy atom. The molecule has 2 N–H and O–H groups in total. The number of fused-ring (bicyclic) bond motifs is 1. The van der Waals surface area contributed by atoms with Crippen LogP contribution in [0.15, 0.2) is 5.16 Å². The number of hydrogen-bond acceptors (Lipinski definition) is 5. The zero-order valence-electron chi connectivity index (χ0n) is 16.4. The van der Waals surface area contributed by atoms with Gasteiger partial charge in [-0.2, -0.15) is 0 Å². The second-order valence-electron chi connectivity index (χ2n) is 7.84. The van der Waals surface area contributed by atoms with E-state index in [2.05, 4.69) is 14.9 Å². The highest BCUT2D eigenvalue weighted by molar-refractivity contribution is 7.99. The molecule has 1 aliphatic carbocycles. The Labute approximate surface area is 165 Å². The molecule has 148 valence electrons. The summed E-state index contributed by atoms with van der Waals surface area (Å²) in [6, 6.07) is 0. The van der Waals surface area contributed by atoms with Crippen molar-refractivity contribution in [2.24, 2.45) is 17.6 Å². The fourth-order valence-corrected chi connectivity index (χ4v) is 5.16. The molecular formula is C20H30N4O2S. The van der Waals surface area contributed by atoms with Gasteiger partial charge in [-0.1, -0.05) is 31.0 Å². The molecule has 1 aliphatic heterocycles. The van der Waals surface area contributed by atoms with Gasteiger partial charge in [0.25, 0.3) is 0 Å². The van der Waals surface area contributed by atoms with Crippen LogP contribution in [0, 0.1) is 25.7 Å². The van der Waals surface area contributed by atoms with Crippen molar-refractivity contribution in [3.63, 3.8) is 0 Å². The Bertz CT molecular complexity index is 686. The van der Waals surface area contributed by atoms with Gasteiger partial charge in [-0.15, -0.1) is 0 Å². The number of carbonyl (C=O) groups excluding carboxylic acids is 2. The normalized spacial score (nSPS) is 22.4. The molecule has 0 radical (unpaired) electrons. The van der Waals surface area contributed by atoms with E-state index in [4.69, 9.17) is 5.73 Å². The first-order chi connectivity index (χ1) is 12.9. The fourth-order valence-electron chi connectivity index (χ4n) is 4.49. The van der Waals surface area contributed by atoms with E-state index in [1.807, 2.05) is 13.8 Å². The Morgan fingerprint density at radius 1 is 1.11 bits per heavy atom. The number of aryl methyl sites for hydroxylation is 2. The van der Waals surface area contributed by atoms with Crippen molar-refractivity contribution in [1.29, 1.82) is 0 Å². The number of piperidine rings is 1. The van der Waals surface area contributed by atoms with Crippen LogP contribution in [0.25, 0.3) is 0 Å². The molecule has 2 fully saturated rings. The zero-order chi connectivity index (χ0) is 19.4. The van der Waals surface area contributed by atoms with E-state index in [1.165, 1.54) is 43.9 Å². The van der Waals surface area contributed by atoms with Crippen molar-refractivity contribution in [3.8, 4) is 0 Å². The lowest BCUT2D eigenvalue weighted by atomic mass is 9.75. The molecule has 0 spiro atoms. The number of nitrogens with zero attached hydrogens (tertiary/aromatic N) is 3. The molecular weight excluding hydrogens is 360 g/mol. The first kappa shape index (κ1) is 20.1. The number of carbonyl (C=O) groups is 2. The van der Waals surface area contributed by atoms with Gasteiger partial charge in [0.05, 0.1) is 5.75 Å². The van der Waals surface area contributed by atoms with Gasteiger partial charge in [-0.05, 0) is 50.5 Å². The average Bonchev–Trinajstić information content (AvgIpc) is 2.65. The third kappa shape index (κ3) is 5.21. The Morgan fingerprint density at radius 2 is 1.78 bits per heavy atom. The van der Waals surface area contributed by atoms with Gasteiger partial charge >= 0.3 is 0 Å². The monoisotopic (exact) mass is 390 g/mol. The summed E-state index contributed by atoms with van der Waals surface area (Å²) in [5, 5.41) is 0.568. The number of rotatable bonds is 6. The van der Waals surface area contributed by atoms with E-state index in [0.29, 0.717) is 23.9 Å². The van der Waals surface area contributed by atoms with Crippen molar-refractivity contribution < 1.29 is 9.59 Å². The van der Waals surface area contributed by atoms with Crippen LogP contribution >= 0.6 is 11.8 Å². The highest BCUT2D eigenvalue weighted by Crippen LogP contribution is 2.36. The molecule has 6 nitrogen and oxygen atoms in total. The first-order valence-corrected chi connectivity index (χ1v) is 11.0. The van der Waals surface area contributed by atoms with E-state index in [-0.39, 0.29) is 17.6 Å². The van der Waals surface area contributed by atoms with E-state index >= 15 is 0 Å². The van der Waals surface area contributed by atoms with Crippen molar-refractivity contribution in [1.82, 2.24) is 14.9 Å². The standard InChI is InChI=1S/C20H30N4O2S/c1-13-17(14(2)23-20(22-13)27-12-18(21)25)7-8-19(26)24-10-9-15-5-3-4-6-16(15)11-24/h15-16H,3-12H2,1-2H3,(H2,21,25)/t15-,16-/m0/s1. The summed E-state index contributed by atoms with van der Waals surface area (Å²) in [7, 11) is 0. The molecule has 0 unspecified atom stereocenters. The van der Waals surface area contributed by atoms with Gasteiger partial charge in [-0.3, -0.25) is 9.59 Å². The highest BCUT2D eigenvalue weighted by atomic mass is 32.2. The Balaban J connectivity index is 1.56. The number of primary amides is 1. The summed E-state index contributed by atoms with van der Waals surface area (Å²) in [6.45, 7) is 5.74. The van der Waals surface area contributed by atoms with E-state index in [1.54, 1.807) is 0 Å². The summed E-state index contributed by atoms with van der Waals surface area (Å²) >= 11 is 1.25. The predicted octanol–water partition coefficient (Wildman–Crippen LogP) is 2.64. The molecule has 2 aliphatic rings. The molecule has 3 rings (SSSR count). The summed E-state index contributed by atoms with van der Waals surface area (Å²) in [6.07, 6.45) is 7.66. The van der Waals surface area contributed by atoms with Crippen LogP contribution in [0.2, 0.25) is 0 Å². The number of thioether (sulfide) groups is 1. The molecule has 1 saturated heterocycles. The molecule has 1 aromatic rings. The van der Waals surface area contributed by atoms with Crippen LogP contribution in [0.1, 0.15) is 55.5 Å². The zero-order valence-corrected chi connectivity index (χ0v) is 17.2. The topological polar surface area (TPSA) is 89.2 Å². The maximum Gasteiger partial charge on any atom is 0.227 e. The smallest absolute Gasteiger partial charge is 0.227 e. The third-order valence-electron chi connectivity index (χ3n) is 5.98. The highest BCUT2D eigenvalue weighted by Gasteiger charge is 2.32. The van der Waals surface area contributed by atoms with Gasteiger partial charge in [0, 0.05) is 30.9 Å². The minimum Gasteiger partial charge on any atom is -0.369 e. The number of hydrogen-bond donors (Lipinski definition) is 1. The molecule has 1 saturated carbocycles. The lowest BCUT2D eigenvalue weighted by Gasteiger charge is -2.41. The van der Waals surface area contributed by atoms with Crippen LogP contribution in [-0.2, 0) is 16.0 Å². The average molecular weight is 391 g/mol. The van der Waals surface area contributed by atoms with Crippen molar-refractivity contribution in [2.75, 3.05) is 18.8 Å². The third-order valence-corrected chi connectivity index (χ3v) is 6.85. The molecule has 0 bridgehead atoms. The SMILES string of the molecule is Cc1nc(SCC(N)=O)nc(C)c1CCC(=O)N1CC[C@@H]2CCCC[C@H]2C1. The van der Waals surface area contributed by atoms with Crippen LogP contribution in [0.3, 0.4) is 0 Å². The molecule has 7 heteroatoms. The van der Waals surface area contributed by atoms with Gasteiger partial charge in [0.2, 0.25) is 11.8 Å². The number of nitrogens with two attached hydrogens (primary N) is 1. The number of aromatic nitrogens is 2. The lowest BCUT2D eigenvalue weighted by molar-refractivity contribution is -0.134. The molecule has 2 heterocycles. The Hall–Kier alpha value is -1.63. The van der Waals surface area contributed by atoms with Crippen LogP contribution < -0.4 is 5.73 Å². The Kier molecular flexibility index (Phi) is 6.73. The molecule has 1 aromatic heterocycles. The van der Waals surface area contributed by atoms with Gasteiger partial charge in [0.15, 0.2) is 5.16 Å². The van der Waals surface area contributed by atoms with Gasteiger partial charge < -0.3 is 10.6 Å². The molecule has 27 heavy (non-hydrogen) atoms. The second-order valence-corrected chi connectivity index (χ2v) is 8.79. The summed E-state index contributed by atoms with van der Waals surface area (Å²) < 4.78 is 0. The van der Waals surface area contributed by atoms with Crippen molar-refractivity contribution >= 4 is 23.6 Å². The van der Waals surface area contributed by atoms with Crippen LogP contribution in [0.4, 0.5) is 0 Å². The van der Waals surface area contributed by atoms with E-state index in [0.717, 1.165) is 36.0 Å². The van der Waals surface area contributed by atoms with E-state index < -0.39 is 0 Å². The van der Waals surface area contributed by atoms with Crippen molar-refractivity contribution in [3.05, 3.63) is 17.0 Å². The van der Waals surface area contributed by atoms with Gasteiger partial charge in [-0.25, -0.2) is 9.97 Å². The van der Waals surface area contributed by atoms with Gasteiger partial charge in [0.1, 0.15) is 0 Å². The number of amides is 2. The molecule has 2 amide bonds.